The molecule has 1 heterocycles. The summed E-state index contributed by atoms with van der Waals surface area (Å²) in [6.07, 6.45) is 3.36. The zero-order valence-corrected chi connectivity index (χ0v) is 18.4. The highest BCUT2D eigenvalue weighted by molar-refractivity contribution is 7.99. The van der Waals surface area contributed by atoms with Crippen LogP contribution < -0.4 is 0 Å². The second kappa shape index (κ2) is 8.12. The van der Waals surface area contributed by atoms with Crippen molar-refractivity contribution in [1.29, 1.82) is 0 Å². The molecule has 31 heavy (non-hydrogen) atoms. The van der Waals surface area contributed by atoms with Crippen LogP contribution >= 0.6 is 11.8 Å². The Morgan fingerprint density at radius 1 is 1.03 bits per heavy atom. The summed E-state index contributed by atoms with van der Waals surface area (Å²) < 4.78 is 7.30. The lowest BCUT2D eigenvalue weighted by Crippen LogP contribution is -2.02. The van der Waals surface area contributed by atoms with Gasteiger partial charge in [-0.25, -0.2) is 4.79 Å². The number of benzene rings is 3. The minimum Gasteiger partial charge on any atom is -0.465 e. The number of carbonyl (C=O) groups is 1. The standard InChI is InChI=1S/C27H23NO2S/c1-18-26(31-23-10-6-9-22(15-23)27(29)30-2)24-14-13-21(20-11-12-20)16-25(24)28(18)17-19-7-4-3-5-8-19/h3-11,13-16H,12,17H2,1-2H3. The molecule has 1 aliphatic rings. The number of hydrogen-bond donors (Lipinski definition) is 0. The first-order valence-electron chi connectivity index (χ1n) is 10.4. The van der Waals surface area contributed by atoms with Gasteiger partial charge < -0.3 is 9.30 Å². The fourth-order valence-electron chi connectivity index (χ4n) is 3.95. The van der Waals surface area contributed by atoms with Crippen LogP contribution in [-0.2, 0) is 11.3 Å². The first-order valence-corrected chi connectivity index (χ1v) is 11.2. The van der Waals surface area contributed by atoms with Crippen molar-refractivity contribution in [2.24, 2.45) is 0 Å². The van der Waals surface area contributed by atoms with E-state index in [1.165, 1.54) is 45.3 Å². The van der Waals surface area contributed by atoms with E-state index >= 15 is 0 Å². The van der Waals surface area contributed by atoms with E-state index in [-0.39, 0.29) is 5.97 Å². The van der Waals surface area contributed by atoms with Gasteiger partial charge in [0, 0.05) is 27.4 Å². The molecule has 0 bridgehead atoms. The molecule has 1 aromatic heterocycles. The van der Waals surface area contributed by atoms with Crippen LogP contribution in [0, 0.1) is 6.92 Å². The molecule has 0 amide bonds. The first-order chi connectivity index (χ1) is 15.1. The average molecular weight is 426 g/mol. The largest absolute Gasteiger partial charge is 0.465 e. The average Bonchev–Trinajstić information content (AvgIpc) is 3.63. The van der Waals surface area contributed by atoms with Crippen molar-refractivity contribution in [3.8, 4) is 0 Å². The minimum absolute atomic E-state index is 0.312. The molecule has 4 heteroatoms. The Bertz CT molecular complexity index is 1320. The molecule has 3 nitrogen and oxygen atoms in total. The van der Waals surface area contributed by atoms with Crippen LogP contribution in [0.15, 0.2) is 88.7 Å². The van der Waals surface area contributed by atoms with Crippen molar-refractivity contribution >= 4 is 34.2 Å². The molecule has 0 radical (unpaired) electrons. The van der Waals surface area contributed by atoms with Crippen LogP contribution in [0.3, 0.4) is 0 Å². The van der Waals surface area contributed by atoms with E-state index in [0.29, 0.717) is 5.56 Å². The normalized spacial score (nSPS) is 12.6. The lowest BCUT2D eigenvalue weighted by atomic mass is 10.1. The molecule has 0 saturated carbocycles. The van der Waals surface area contributed by atoms with Crippen LogP contribution in [-0.4, -0.2) is 17.6 Å². The number of rotatable bonds is 6. The SMILES string of the molecule is COC(=O)c1cccc(Sc2c(C)n(Cc3ccccc3)c3cc(C4=CC4)ccc23)c1. The molecule has 0 aliphatic heterocycles. The number of hydrogen-bond acceptors (Lipinski definition) is 3. The molecular formula is C27H23NO2S. The van der Waals surface area contributed by atoms with E-state index in [1.54, 1.807) is 17.8 Å². The number of fused-ring (bicyclic) bond motifs is 1. The fourth-order valence-corrected chi connectivity index (χ4v) is 5.06. The van der Waals surface area contributed by atoms with Gasteiger partial charge in [0.05, 0.1) is 18.2 Å². The van der Waals surface area contributed by atoms with Gasteiger partial charge in [0.1, 0.15) is 0 Å². The molecule has 0 fully saturated rings. The molecule has 0 spiro atoms. The summed E-state index contributed by atoms with van der Waals surface area (Å²) in [5.41, 5.74) is 7.06. The number of carbonyl (C=O) groups excluding carboxylic acids is 1. The Morgan fingerprint density at radius 2 is 1.84 bits per heavy atom. The van der Waals surface area contributed by atoms with Crippen LogP contribution in [0.2, 0.25) is 0 Å². The molecule has 0 N–H and O–H groups in total. The molecular weight excluding hydrogens is 402 g/mol. The number of allylic oxidation sites excluding steroid dienone is 2. The number of methoxy groups -OCH3 is 1. The van der Waals surface area contributed by atoms with Crippen LogP contribution in [0.25, 0.3) is 16.5 Å². The smallest absolute Gasteiger partial charge is 0.337 e. The molecule has 154 valence electrons. The second-order valence-corrected chi connectivity index (χ2v) is 8.86. The molecule has 5 rings (SSSR count). The summed E-state index contributed by atoms with van der Waals surface area (Å²) in [6.45, 7) is 3.01. The molecule has 4 aromatic rings. The molecule has 1 aliphatic carbocycles. The van der Waals surface area contributed by atoms with Gasteiger partial charge in [-0.3, -0.25) is 0 Å². The summed E-state index contributed by atoms with van der Waals surface area (Å²) in [7, 11) is 1.41. The van der Waals surface area contributed by atoms with Crippen molar-refractivity contribution in [2.75, 3.05) is 7.11 Å². The molecule has 0 saturated heterocycles. The lowest BCUT2D eigenvalue weighted by Gasteiger charge is -2.10. The number of ether oxygens (including phenoxy) is 1. The van der Waals surface area contributed by atoms with Gasteiger partial charge in [-0.1, -0.05) is 66.4 Å². The van der Waals surface area contributed by atoms with Crippen LogP contribution in [0.1, 0.15) is 33.6 Å². The van der Waals surface area contributed by atoms with Crippen LogP contribution in [0.5, 0.6) is 0 Å². The summed E-state index contributed by atoms with van der Waals surface area (Å²) in [5.74, 6) is -0.312. The Labute approximate surface area is 186 Å². The van der Waals surface area contributed by atoms with Gasteiger partial charge in [0.25, 0.3) is 0 Å². The topological polar surface area (TPSA) is 31.2 Å². The van der Waals surface area contributed by atoms with E-state index in [1.807, 2.05) is 18.2 Å². The molecule has 0 unspecified atom stereocenters. The van der Waals surface area contributed by atoms with E-state index in [9.17, 15) is 4.79 Å². The highest BCUT2D eigenvalue weighted by atomic mass is 32.2. The van der Waals surface area contributed by atoms with Gasteiger partial charge >= 0.3 is 5.97 Å². The third-order valence-electron chi connectivity index (χ3n) is 5.70. The van der Waals surface area contributed by atoms with Crippen molar-refractivity contribution in [3.63, 3.8) is 0 Å². The third kappa shape index (κ3) is 3.91. The quantitative estimate of drug-likeness (QED) is 0.321. The van der Waals surface area contributed by atoms with Crippen molar-refractivity contribution < 1.29 is 9.53 Å². The maximum atomic E-state index is 12.0. The highest BCUT2D eigenvalue weighted by Crippen LogP contribution is 2.41. The second-order valence-electron chi connectivity index (χ2n) is 7.77. The lowest BCUT2D eigenvalue weighted by molar-refractivity contribution is 0.0600. The van der Waals surface area contributed by atoms with E-state index in [2.05, 4.69) is 66.1 Å². The maximum absolute atomic E-state index is 12.0. The maximum Gasteiger partial charge on any atom is 0.337 e. The van der Waals surface area contributed by atoms with Gasteiger partial charge in [0.2, 0.25) is 0 Å². The van der Waals surface area contributed by atoms with Gasteiger partial charge in [-0.15, -0.1) is 0 Å². The highest BCUT2D eigenvalue weighted by Gasteiger charge is 2.19. The van der Waals surface area contributed by atoms with Crippen LogP contribution in [0.4, 0.5) is 0 Å². The van der Waals surface area contributed by atoms with E-state index < -0.39 is 0 Å². The van der Waals surface area contributed by atoms with Gasteiger partial charge in [0.15, 0.2) is 0 Å². The molecule has 3 aromatic carbocycles. The third-order valence-corrected chi connectivity index (χ3v) is 6.91. The summed E-state index contributed by atoms with van der Waals surface area (Å²) in [4.78, 5) is 14.2. The van der Waals surface area contributed by atoms with Gasteiger partial charge in [-0.2, -0.15) is 0 Å². The predicted octanol–water partition coefficient (Wildman–Crippen LogP) is 6.72. The van der Waals surface area contributed by atoms with Crippen molar-refractivity contribution in [1.82, 2.24) is 4.57 Å². The predicted molar refractivity (Wildman–Crippen MR) is 127 cm³/mol. The van der Waals surface area contributed by atoms with Crippen molar-refractivity contribution in [3.05, 3.63) is 101 Å². The monoisotopic (exact) mass is 425 g/mol. The fraction of sp³-hybridized carbons (Fsp3) is 0.148. The summed E-state index contributed by atoms with van der Waals surface area (Å²) in [6, 6.07) is 25.0. The number of aromatic nitrogens is 1. The van der Waals surface area contributed by atoms with Crippen molar-refractivity contribution in [2.45, 2.75) is 29.7 Å². The van der Waals surface area contributed by atoms with Gasteiger partial charge in [-0.05, 0) is 54.3 Å². The Morgan fingerprint density at radius 3 is 2.58 bits per heavy atom. The zero-order valence-electron chi connectivity index (χ0n) is 17.6. The number of nitrogens with zero attached hydrogens (tertiary/aromatic N) is 1. The Balaban J connectivity index is 1.60. The first kappa shape index (κ1) is 19.7. The number of esters is 1. The Kier molecular flexibility index (Phi) is 5.16. The zero-order chi connectivity index (χ0) is 21.4. The minimum atomic E-state index is -0.312. The van der Waals surface area contributed by atoms with E-state index in [4.69, 9.17) is 4.74 Å². The molecule has 0 atom stereocenters. The summed E-state index contributed by atoms with van der Waals surface area (Å²) >= 11 is 1.70. The summed E-state index contributed by atoms with van der Waals surface area (Å²) in [5, 5.41) is 1.24. The Hall–Kier alpha value is -3.24. The van der Waals surface area contributed by atoms with E-state index in [0.717, 1.165) is 17.9 Å².